The van der Waals surface area contributed by atoms with Gasteiger partial charge in [0, 0.05) is 13.1 Å². The largest absolute Gasteiger partial charge is 0.313 e. The van der Waals surface area contributed by atoms with E-state index in [-0.39, 0.29) is 0 Å². The molecule has 0 atom stereocenters. The van der Waals surface area contributed by atoms with Crippen LogP contribution < -0.4 is 15.8 Å². The number of rotatable bonds is 9. The lowest BCUT2D eigenvalue weighted by Gasteiger charge is -2.05. The number of hydrogen-bond donors (Lipinski definition) is 3. The lowest BCUT2D eigenvalue weighted by atomic mass is 10.2. The molecule has 3 radical (unpaired) electrons. The molecule has 3 N–H and O–H groups in total. The maximum atomic E-state index is 3.45. The lowest BCUT2D eigenvalue weighted by Crippen LogP contribution is -2.29. The van der Waals surface area contributed by atoms with E-state index in [0.717, 1.165) is 19.6 Å². The van der Waals surface area contributed by atoms with Gasteiger partial charge in [-0.3, -0.25) is 10.5 Å². The molecular formula is C12H20N3Si. The van der Waals surface area contributed by atoms with Crippen LogP contribution in [0.5, 0.6) is 0 Å². The van der Waals surface area contributed by atoms with Gasteiger partial charge in [-0.15, -0.1) is 0 Å². The zero-order valence-electron chi connectivity index (χ0n) is 9.63. The molecule has 1 aromatic carbocycles. The normalized spacial score (nSPS) is 10.6. The quantitative estimate of drug-likeness (QED) is 0.340. The smallest absolute Gasteiger partial charge is 0.161 e. The average molecular weight is 234 g/mol. The van der Waals surface area contributed by atoms with Crippen molar-refractivity contribution in [2.24, 2.45) is 0 Å². The predicted molar refractivity (Wildman–Crippen MR) is 68.9 cm³/mol. The van der Waals surface area contributed by atoms with E-state index >= 15 is 0 Å². The molecule has 3 nitrogen and oxygen atoms in total. The van der Waals surface area contributed by atoms with Crippen molar-refractivity contribution in [3.63, 3.8) is 0 Å². The van der Waals surface area contributed by atoms with Gasteiger partial charge < -0.3 is 5.32 Å². The third-order valence-corrected chi connectivity index (χ3v) is 2.59. The van der Waals surface area contributed by atoms with Crippen molar-refractivity contribution in [3.05, 3.63) is 35.9 Å². The first-order valence-electron chi connectivity index (χ1n) is 5.82. The van der Waals surface area contributed by atoms with Crippen molar-refractivity contribution in [2.45, 2.75) is 25.8 Å². The van der Waals surface area contributed by atoms with Gasteiger partial charge in [0.25, 0.3) is 0 Å². The second-order valence-corrected chi connectivity index (χ2v) is 4.02. The molecule has 1 aromatic rings. The van der Waals surface area contributed by atoms with Crippen molar-refractivity contribution in [1.82, 2.24) is 15.8 Å². The van der Waals surface area contributed by atoms with Crippen molar-refractivity contribution < 1.29 is 0 Å². The van der Waals surface area contributed by atoms with Crippen LogP contribution in [0.3, 0.4) is 0 Å². The minimum atomic E-state index is 0.974. The zero-order valence-corrected chi connectivity index (χ0v) is 10.6. The SMILES string of the molecule is [Si]NNCCCCCNCc1ccccc1. The van der Waals surface area contributed by atoms with Crippen LogP contribution >= 0.6 is 0 Å². The molecule has 0 fully saturated rings. The summed E-state index contributed by atoms with van der Waals surface area (Å²) in [7, 11) is 3.14. The summed E-state index contributed by atoms with van der Waals surface area (Å²) in [4.78, 5) is 0. The van der Waals surface area contributed by atoms with Crippen LogP contribution in [0.1, 0.15) is 24.8 Å². The van der Waals surface area contributed by atoms with E-state index in [1.165, 1.54) is 24.8 Å². The van der Waals surface area contributed by atoms with E-state index in [4.69, 9.17) is 0 Å². The maximum Gasteiger partial charge on any atom is 0.161 e. The fourth-order valence-electron chi connectivity index (χ4n) is 1.53. The van der Waals surface area contributed by atoms with E-state index in [1.807, 2.05) is 6.07 Å². The monoisotopic (exact) mass is 234 g/mol. The number of hydrazine groups is 1. The molecule has 0 aliphatic carbocycles. The Morgan fingerprint density at radius 2 is 1.69 bits per heavy atom. The van der Waals surface area contributed by atoms with Crippen molar-refractivity contribution >= 4 is 10.4 Å². The van der Waals surface area contributed by atoms with Crippen molar-refractivity contribution in [2.75, 3.05) is 13.1 Å². The number of unbranched alkanes of at least 4 members (excludes halogenated alkanes) is 2. The molecule has 0 amide bonds. The Morgan fingerprint density at radius 1 is 0.938 bits per heavy atom. The highest BCUT2D eigenvalue weighted by Gasteiger charge is 1.91. The van der Waals surface area contributed by atoms with Crippen LogP contribution in [0.2, 0.25) is 0 Å². The summed E-state index contributed by atoms with van der Waals surface area (Å²) in [6, 6.07) is 10.5. The molecule has 1 rings (SSSR count). The number of nitrogens with one attached hydrogen (secondary N) is 3. The van der Waals surface area contributed by atoms with Gasteiger partial charge in [0.1, 0.15) is 0 Å². The molecule has 0 unspecified atom stereocenters. The Bertz CT molecular complexity index is 254. The number of benzene rings is 1. The number of hydrogen-bond acceptors (Lipinski definition) is 3. The maximum absolute atomic E-state index is 3.45. The fourth-order valence-corrected chi connectivity index (χ4v) is 1.66. The standard InChI is InChI=1S/C12H20N3Si/c16-15-14-10-6-2-5-9-13-11-12-7-3-1-4-8-12/h1,3-4,7-8,13-15H,2,5-6,9-11H2. The highest BCUT2D eigenvalue weighted by molar-refractivity contribution is 6.03. The molecule has 0 spiro atoms. The summed E-state index contributed by atoms with van der Waals surface area (Å²) >= 11 is 0. The fraction of sp³-hybridized carbons (Fsp3) is 0.500. The molecule has 0 saturated heterocycles. The highest BCUT2D eigenvalue weighted by Crippen LogP contribution is 1.98. The van der Waals surface area contributed by atoms with Gasteiger partial charge in [-0.1, -0.05) is 36.8 Å². The first-order chi connectivity index (χ1) is 7.93. The van der Waals surface area contributed by atoms with Gasteiger partial charge in [-0.25, -0.2) is 0 Å². The van der Waals surface area contributed by atoms with Gasteiger partial charge in [-0.05, 0) is 24.9 Å². The molecule has 16 heavy (non-hydrogen) atoms. The molecule has 0 aliphatic heterocycles. The van der Waals surface area contributed by atoms with Crippen LogP contribution in [-0.2, 0) is 6.54 Å². The summed E-state index contributed by atoms with van der Waals surface area (Å²) in [5, 5.41) is 6.18. The highest BCUT2D eigenvalue weighted by atomic mass is 28.2. The summed E-state index contributed by atoms with van der Waals surface area (Å²) in [6.45, 7) is 3.07. The van der Waals surface area contributed by atoms with Crippen LogP contribution in [0.4, 0.5) is 0 Å². The first-order valence-corrected chi connectivity index (χ1v) is 6.32. The van der Waals surface area contributed by atoms with E-state index in [0.29, 0.717) is 0 Å². The molecular weight excluding hydrogens is 214 g/mol. The Hall–Kier alpha value is -0.683. The van der Waals surface area contributed by atoms with E-state index < -0.39 is 0 Å². The first kappa shape index (κ1) is 13.4. The average Bonchev–Trinajstić information content (AvgIpc) is 2.34. The lowest BCUT2D eigenvalue weighted by molar-refractivity contribution is 0.566. The van der Waals surface area contributed by atoms with Gasteiger partial charge in [-0.2, -0.15) is 0 Å². The predicted octanol–water partition coefficient (Wildman–Crippen LogP) is 1.12. The minimum Gasteiger partial charge on any atom is -0.313 e. The van der Waals surface area contributed by atoms with Crippen LogP contribution in [-0.4, -0.2) is 23.5 Å². The van der Waals surface area contributed by atoms with Gasteiger partial charge in [0.15, 0.2) is 10.4 Å². The molecule has 0 saturated carbocycles. The molecule has 0 aliphatic rings. The van der Waals surface area contributed by atoms with E-state index in [2.05, 4.69) is 50.5 Å². The Kier molecular flexibility index (Phi) is 7.98. The van der Waals surface area contributed by atoms with Crippen LogP contribution in [0.25, 0.3) is 0 Å². The summed E-state index contributed by atoms with van der Waals surface area (Å²) in [5.41, 5.74) is 4.36. The summed E-state index contributed by atoms with van der Waals surface area (Å²) < 4.78 is 0. The van der Waals surface area contributed by atoms with Crippen LogP contribution in [0, 0.1) is 0 Å². The van der Waals surface area contributed by atoms with Crippen molar-refractivity contribution in [1.29, 1.82) is 0 Å². The molecule has 0 heterocycles. The van der Waals surface area contributed by atoms with Crippen LogP contribution in [0.15, 0.2) is 30.3 Å². The summed E-state index contributed by atoms with van der Waals surface area (Å²) in [5.74, 6) is 0. The Morgan fingerprint density at radius 3 is 2.44 bits per heavy atom. The molecule has 0 bridgehead atoms. The Labute approximate surface area is 101 Å². The third-order valence-electron chi connectivity index (χ3n) is 2.42. The molecule has 87 valence electrons. The zero-order chi connectivity index (χ0) is 11.5. The van der Waals surface area contributed by atoms with Gasteiger partial charge in [0.05, 0.1) is 0 Å². The van der Waals surface area contributed by atoms with E-state index in [9.17, 15) is 0 Å². The minimum absolute atomic E-state index is 0.974. The summed E-state index contributed by atoms with van der Waals surface area (Å²) in [6.07, 6.45) is 3.68. The Balaban J connectivity index is 1.89. The van der Waals surface area contributed by atoms with E-state index in [1.54, 1.807) is 0 Å². The third kappa shape index (κ3) is 6.74. The van der Waals surface area contributed by atoms with Gasteiger partial charge >= 0.3 is 0 Å². The molecule has 0 aromatic heterocycles. The van der Waals surface area contributed by atoms with Crippen molar-refractivity contribution in [3.8, 4) is 0 Å². The second kappa shape index (κ2) is 9.54. The van der Waals surface area contributed by atoms with Gasteiger partial charge in [0.2, 0.25) is 0 Å². The topological polar surface area (TPSA) is 36.1 Å². The molecule has 4 heteroatoms. The second-order valence-electron chi connectivity index (χ2n) is 3.77.